The van der Waals surface area contributed by atoms with Crippen LogP contribution in [-0.4, -0.2) is 49.6 Å². The fraction of sp³-hybridized carbons (Fsp3) is 0.688. The van der Waals surface area contributed by atoms with Gasteiger partial charge in [-0.25, -0.2) is 17.7 Å². The van der Waals surface area contributed by atoms with Crippen molar-refractivity contribution in [1.29, 1.82) is 0 Å². The van der Waals surface area contributed by atoms with Gasteiger partial charge in [0.2, 0.25) is 10.0 Å². The van der Waals surface area contributed by atoms with Crippen molar-refractivity contribution in [2.24, 2.45) is 5.92 Å². The summed E-state index contributed by atoms with van der Waals surface area (Å²) in [5.41, 5.74) is 1.17. The van der Waals surface area contributed by atoms with Gasteiger partial charge in [0.15, 0.2) is 0 Å². The molecular weight excluding hydrogens is 298 g/mol. The zero-order valence-electron chi connectivity index (χ0n) is 13.4. The highest BCUT2D eigenvalue weighted by Gasteiger charge is 2.39. The highest BCUT2D eigenvalue weighted by atomic mass is 32.2. The fourth-order valence-electron chi connectivity index (χ4n) is 3.08. The molecule has 0 N–H and O–H groups in total. The first-order valence-electron chi connectivity index (χ1n) is 8.09. The standard InChI is InChI=1S/C16H25N3O2S/c1-13-3-6-16(17-11-13)19-9-7-14(8-10-19)12-18(2)22(20,21)15-4-5-15/h3,6,11,14-15H,4-5,7-10,12H2,1-2H3. The molecule has 122 valence electrons. The zero-order valence-corrected chi connectivity index (χ0v) is 14.2. The number of hydrogen-bond acceptors (Lipinski definition) is 4. The van der Waals surface area contributed by atoms with Crippen LogP contribution in [-0.2, 0) is 10.0 Å². The first-order valence-corrected chi connectivity index (χ1v) is 9.60. The van der Waals surface area contributed by atoms with Crippen molar-refractivity contribution < 1.29 is 8.42 Å². The van der Waals surface area contributed by atoms with Gasteiger partial charge in [-0.1, -0.05) is 6.07 Å². The number of anilines is 1. The van der Waals surface area contributed by atoms with Gasteiger partial charge in [0.25, 0.3) is 0 Å². The smallest absolute Gasteiger partial charge is 0.216 e. The van der Waals surface area contributed by atoms with Crippen molar-refractivity contribution in [2.75, 3.05) is 31.6 Å². The molecule has 2 aliphatic rings. The second kappa shape index (κ2) is 6.16. The average molecular weight is 323 g/mol. The van der Waals surface area contributed by atoms with Crippen molar-refractivity contribution in [3.8, 4) is 0 Å². The third-order valence-electron chi connectivity index (χ3n) is 4.73. The third-order valence-corrected chi connectivity index (χ3v) is 7.06. The van der Waals surface area contributed by atoms with E-state index in [1.165, 1.54) is 5.56 Å². The van der Waals surface area contributed by atoms with Crippen LogP contribution in [0.5, 0.6) is 0 Å². The molecule has 0 atom stereocenters. The molecule has 0 bridgehead atoms. The van der Waals surface area contributed by atoms with E-state index in [1.807, 2.05) is 13.1 Å². The van der Waals surface area contributed by atoms with Crippen LogP contribution in [0.2, 0.25) is 0 Å². The van der Waals surface area contributed by atoms with Crippen molar-refractivity contribution >= 4 is 15.8 Å². The molecular formula is C16H25N3O2S. The van der Waals surface area contributed by atoms with Gasteiger partial charge in [0.1, 0.15) is 5.82 Å². The first kappa shape index (κ1) is 15.7. The van der Waals surface area contributed by atoms with E-state index in [0.717, 1.165) is 44.6 Å². The summed E-state index contributed by atoms with van der Waals surface area (Å²) in [6, 6.07) is 4.16. The van der Waals surface area contributed by atoms with E-state index in [-0.39, 0.29) is 5.25 Å². The molecule has 1 saturated heterocycles. The highest BCUT2D eigenvalue weighted by Crippen LogP contribution is 2.31. The maximum Gasteiger partial charge on any atom is 0.216 e. The first-order chi connectivity index (χ1) is 10.5. The molecule has 1 aliphatic carbocycles. The highest BCUT2D eigenvalue weighted by molar-refractivity contribution is 7.90. The number of sulfonamides is 1. The van der Waals surface area contributed by atoms with E-state index in [0.29, 0.717) is 12.5 Å². The lowest BCUT2D eigenvalue weighted by molar-refractivity contribution is 0.327. The van der Waals surface area contributed by atoms with Crippen molar-refractivity contribution in [1.82, 2.24) is 9.29 Å². The summed E-state index contributed by atoms with van der Waals surface area (Å²) in [5, 5.41) is -0.102. The van der Waals surface area contributed by atoms with Crippen LogP contribution >= 0.6 is 0 Å². The molecule has 0 aromatic carbocycles. The van der Waals surface area contributed by atoms with Crippen LogP contribution in [0.15, 0.2) is 18.3 Å². The quantitative estimate of drug-likeness (QED) is 0.832. The van der Waals surface area contributed by atoms with Crippen molar-refractivity contribution in [2.45, 2.75) is 37.9 Å². The van der Waals surface area contributed by atoms with Gasteiger partial charge in [-0.3, -0.25) is 0 Å². The lowest BCUT2D eigenvalue weighted by Gasteiger charge is -2.34. The summed E-state index contributed by atoms with van der Waals surface area (Å²) in [7, 11) is -1.29. The van der Waals surface area contributed by atoms with Crippen LogP contribution in [0.25, 0.3) is 0 Å². The Balaban J connectivity index is 1.52. The minimum atomic E-state index is -3.03. The summed E-state index contributed by atoms with van der Waals surface area (Å²) in [6.07, 6.45) is 5.63. The Hall–Kier alpha value is -1.14. The largest absolute Gasteiger partial charge is 0.357 e. The van der Waals surface area contributed by atoms with Gasteiger partial charge in [-0.15, -0.1) is 0 Å². The van der Waals surface area contributed by atoms with E-state index in [2.05, 4.69) is 22.0 Å². The summed E-state index contributed by atoms with van der Waals surface area (Å²) >= 11 is 0. The predicted octanol–water partition coefficient (Wildman–Crippen LogP) is 2.03. The number of rotatable bonds is 5. The van der Waals surface area contributed by atoms with Gasteiger partial charge in [-0.05, 0) is 50.2 Å². The summed E-state index contributed by atoms with van der Waals surface area (Å²) in [6.45, 7) is 4.61. The summed E-state index contributed by atoms with van der Waals surface area (Å²) in [5.74, 6) is 1.49. The topological polar surface area (TPSA) is 53.5 Å². The maximum absolute atomic E-state index is 12.2. The van der Waals surface area contributed by atoms with E-state index in [1.54, 1.807) is 11.4 Å². The van der Waals surface area contributed by atoms with Crippen LogP contribution < -0.4 is 4.90 Å². The Labute approximate surface area is 133 Å². The molecule has 1 aromatic rings. The summed E-state index contributed by atoms with van der Waals surface area (Å²) in [4.78, 5) is 6.78. The van der Waals surface area contributed by atoms with E-state index < -0.39 is 10.0 Å². The zero-order chi connectivity index (χ0) is 15.7. The van der Waals surface area contributed by atoms with Crippen LogP contribution in [0.1, 0.15) is 31.2 Å². The Morgan fingerprint density at radius 2 is 1.91 bits per heavy atom. The van der Waals surface area contributed by atoms with Crippen molar-refractivity contribution in [3.05, 3.63) is 23.9 Å². The molecule has 0 spiro atoms. The Morgan fingerprint density at radius 1 is 1.23 bits per heavy atom. The minimum Gasteiger partial charge on any atom is -0.357 e. The molecule has 6 heteroatoms. The predicted molar refractivity (Wildman–Crippen MR) is 88.5 cm³/mol. The molecule has 1 aromatic heterocycles. The molecule has 1 aliphatic heterocycles. The number of nitrogens with zero attached hydrogens (tertiary/aromatic N) is 3. The molecule has 0 unspecified atom stereocenters. The number of aromatic nitrogens is 1. The third kappa shape index (κ3) is 3.43. The van der Waals surface area contributed by atoms with Crippen molar-refractivity contribution in [3.63, 3.8) is 0 Å². The van der Waals surface area contributed by atoms with E-state index >= 15 is 0 Å². The maximum atomic E-state index is 12.2. The SMILES string of the molecule is Cc1ccc(N2CCC(CN(C)S(=O)(=O)C3CC3)CC2)nc1. The van der Waals surface area contributed by atoms with Crippen LogP contribution in [0, 0.1) is 12.8 Å². The second-order valence-corrected chi connectivity index (χ2v) is 8.97. The molecule has 5 nitrogen and oxygen atoms in total. The molecule has 3 rings (SSSR count). The summed E-state index contributed by atoms with van der Waals surface area (Å²) < 4.78 is 26.0. The van der Waals surface area contributed by atoms with Crippen LogP contribution in [0.4, 0.5) is 5.82 Å². The molecule has 0 radical (unpaired) electrons. The number of hydrogen-bond donors (Lipinski definition) is 0. The number of aryl methyl sites for hydroxylation is 1. The Morgan fingerprint density at radius 3 is 2.45 bits per heavy atom. The average Bonchev–Trinajstić information content (AvgIpc) is 3.34. The number of piperidine rings is 1. The van der Waals surface area contributed by atoms with Gasteiger partial charge in [-0.2, -0.15) is 0 Å². The molecule has 2 fully saturated rings. The fourth-order valence-corrected chi connectivity index (χ4v) is 4.74. The molecule has 1 saturated carbocycles. The lowest BCUT2D eigenvalue weighted by atomic mass is 9.97. The van der Waals surface area contributed by atoms with Gasteiger partial charge < -0.3 is 4.90 Å². The molecule has 22 heavy (non-hydrogen) atoms. The van der Waals surface area contributed by atoms with Gasteiger partial charge in [0.05, 0.1) is 5.25 Å². The Kier molecular flexibility index (Phi) is 4.41. The number of pyridine rings is 1. The molecule has 2 heterocycles. The monoisotopic (exact) mass is 323 g/mol. The Bertz CT molecular complexity index is 603. The van der Waals surface area contributed by atoms with Gasteiger partial charge in [0, 0.05) is 32.9 Å². The molecule has 0 amide bonds. The van der Waals surface area contributed by atoms with Gasteiger partial charge >= 0.3 is 0 Å². The van der Waals surface area contributed by atoms with Crippen LogP contribution in [0.3, 0.4) is 0 Å². The second-order valence-electron chi connectivity index (χ2n) is 6.65. The normalized spacial score (nSPS) is 20.6. The van der Waals surface area contributed by atoms with E-state index in [4.69, 9.17) is 0 Å². The van der Waals surface area contributed by atoms with E-state index in [9.17, 15) is 8.42 Å². The minimum absolute atomic E-state index is 0.102. The lowest BCUT2D eigenvalue weighted by Crippen LogP contribution is -2.40.